The number of rotatable bonds is 4. The quantitative estimate of drug-likeness (QED) is 0.263. The molecule has 1 fully saturated rings. The predicted octanol–water partition coefficient (Wildman–Crippen LogP) is 5.11. The number of ether oxygens (including phenoxy) is 1. The molecule has 0 unspecified atom stereocenters. The number of likely N-dealkylation sites (tertiary alicyclic amines) is 1. The lowest BCUT2D eigenvalue weighted by molar-refractivity contribution is 0.0199. The number of carbonyl (C=O) groups is 2. The minimum absolute atomic E-state index is 0.0612. The Bertz CT molecular complexity index is 2090. The second-order valence-electron chi connectivity index (χ2n) is 12.7. The molecule has 1 saturated heterocycles. The van der Waals surface area contributed by atoms with Crippen LogP contribution < -0.4 is 16.6 Å². The van der Waals surface area contributed by atoms with E-state index in [0.717, 1.165) is 12.8 Å². The maximum absolute atomic E-state index is 14.4. The van der Waals surface area contributed by atoms with Crippen molar-refractivity contribution in [2.75, 3.05) is 18.8 Å². The summed E-state index contributed by atoms with van der Waals surface area (Å²) in [5.41, 5.74) is 7.70. The molecule has 4 heterocycles. The van der Waals surface area contributed by atoms with E-state index in [0.29, 0.717) is 46.5 Å². The van der Waals surface area contributed by atoms with Crippen molar-refractivity contribution in [2.45, 2.75) is 52.2 Å². The van der Waals surface area contributed by atoms with Crippen molar-refractivity contribution in [2.24, 2.45) is 5.92 Å². The monoisotopic (exact) mass is 631 g/mol. The first-order chi connectivity index (χ1) is 22.5. The Kier molecular flexibility index (Phi) is 8.43. The third-order valence-corrected chi connectivity index (χ3v) is 8.09. The summed E-state index contributed by atoms with van der Waals surface area (Å²) in [6.07, 6.45) is 4.38. The number of hydrogen-bond acceptors (Lipinski definition) is 7. The second-order valence-corrected chi connectivity index (χ2v) is 12.7. The highest BCUT2D eigenvalue weighted by molar-refractivity contribution is 6.04. The number of para-hydroxylation sites is 1. The third-order valence-electron chi connectivity index (χ3n) is 8.09. The van der Waals surface area contributed by atoms with Crippen LogP contribution in [0.3, 0.4) is 0 Å². The molecule has 2 amide bonds. The van der Waals surface area contributed by atoms with Crippen LogP contribution >= 0.6 is 0 Å². The number of piperidine rings is 1. The van der Waals surface area contributed by atoms with Gasteiger partial charge in [0.15, 0.2) is 11.5 Å². The second kappa shape index (κ2) is 12.6. The van der Waals surface area contributed by atoms with Gasteiger partial charge in [-0.1, -0.05) is 42.2 Å². The SMILES string of the molecule is C[C@H](NC(=O)c1c(N)nn2cccnc12)c1cc2cccc(C#CC3CCN(C(=O)OC(C)(C)C)CC3)c2c(=O)n1-c1ccccc1. The molecule has 0 radical (unpaired) electrons. The third kappa shape index (κ3) is 6.53. The van der Waals surface area contributed by atoms with E-state index in [9.17, 15) is 14.4 Å². The molecule has 5 aromatic rings. The number of fused-ring (bicyclic) bond motifs is 2. The van der Waals surface area contributed by atoms with Gasteiger partial charge in [0.05, 0.1) is 11.4 Å². The summed E-state index contributed by atoms with van der Waals surface area (Å²) in [7, 11) is 0. The van der Waals surface area contributed by atoms with Crippen LogP contribution in [0.4, 0.5) is 10.6 Å². The molecule has 11 heteroatoms. The minimum atomic E-state index is -0.595. The molecule has 3 aromatic heterocycles. The highest BCUT2D eigenvalue weighted by atomic mass is 16.6. The van der Waals surface area contributed by atoms with Crippen molar-refractivity contribution in [3.05, 3.63) is 100 Å². The lowest BCUT2D eigenvalue weighted by atomic mass is 9.96. The number of nitrogen functional groups attached to an aromatic ring is 1. The summed E-state index contributed by atoms with van der Waals surface area (Å²) < 4.78 is 8.59. The first-order valence-electron chi connectivity index (χ1n) is 15.6. The van der Waals surface area contributed by atoms with Gasteiger partial charge in [-0.15, -0.1) is 5.10 Å². The number of nitrogens with two attached hydrogens (primary N) is 1. The Labute approximate surface area is 272 Å². The summed E-state index contributed by atoms with van der Waals surface area (Å²) >= 11 is 0. The molecule has 0 aliphatic carbocycles. The zero-order valence-corrected chi connectivity index (χ0v) is 26.9. The number of hydrogen-bond donors (Lipinski definition) is 2. The van der Waals surface area contributed by atoms with E-state index in [1.165, 1.54) is 4.52 Å². The van der Waals surface area contributed by atoms with Crippen LogP contribution in [0.2, 0.25) is 0 Å². The van der Waals surface area contributed by atoms with Crippen LogP contribution in [-0.4, -0.2) is 54.8 Å². The fraction of sp³-hybridized carbons (Fsp3) is 0.306. The number of aromatic nitrogens is 4. The molecule has 6 rings (SSSR count). The fourth-order valence-electron chi connectivity index (χ4n) is 5.83. The first-order valence-corrected chi connectivity index (χ1v) is 15.6. The number of nitrogens with one attached hydrogen (secondary N) is 1. The Morgan fingerprint density at radius 2 is 1.81 bits per heavy atom. The number of carbonyl (C=O) groups excluding carboxylic acids is 2. The molecule has 47 heavy (non-hydrogen) atoms. The normalized spacial score (nSPS) is 14.4. The van der Waals surface area contributed by atoms with Crippen molar-refractivity contribution in [1.82, 2.24) is 29.4 Å². The topological polar surface area (TPSA) is 137 Å². The van der Waals surface area contributed by atoms with E-state index in [4.69, 9.17) is 10.5 Å². The molecule has 11 nitrogen and oxygen atoms in total. The van der Waals surface area contributed by atoms with E-state index in [1.54, 1.807) is 27.9 Å². The van der Waals surface area contributed by atoms with E-state index in [2.05, 4.69) is 27.2 Å². The van der Waals surface area contributed by atoms with Crippen LogP contribution in [0.15, 0.2) is 77.9 Å². The molecule has 240 valence electrons. The Morgan fingerprint density at radius 3 is 2.53 bits per heavy atom. The number of nitrogens with zero attached hydrogens (tertiary/aromatic N) is 5. The van der Waals surface area contributed by atoms with Gasteiger partial charge in [-0.05, 0) is 76.3 Å². The Balaban J connectivity index is 1.32. The average Bonchev–Trinajstić information content (AvgIpc) is 3.39. The molecule has 0 saturated carbocycles. The summed E-state index contributed by atoms with van der Waals surface area (Å²) in [4.78, 5) is 46.4. The summed E-state index contributed by atoms with van der Waals surface area (Å²) in [6.45, 7) is 8.52. The van der Waals surface area contributed by atoms with E-state index in [-0.39, 0.29) is 29.0 Å². The highest BCUT2D eigenvalue weighted by Gasteiger charge is 2.27. The largest absolute Gasteiger partial charge is 0.444 e. The van der Waals surface area contributed by atoms with Crippen LogP contribution in [0.25, 0.3) is 22.1 Å². The molecule has 2 aromatic carbocycles. The van der Waals surface area contributed by atoms with Crippen LogP contribution in [0, 0.1) is 17.8 Å². The van der Waals surface area contributed by atoms with Crippen molar-refractivity contribution >= 4 is 34.2 Å². The standard InChI is InChI=1S/C36H37N7O4/c1-23(39-33(44)30-31(37)40-42-19-9-18-38-32(30)42)28-22-26-11-8-10-25(29(26)34(45)43(28)27-12-6-5-7-13-27)15-14-24-16-20-41(21-17-24)35(46)47-36(2,3)4/h5-13,18-19,22-24H,16-17,20-21H2,1-4H3,(H2,37,40)(H,39,44)/t23-/m0/s1. The summed E-state index contributed by atoms with van der Waals surface area (Å²) in [6, 6.07) is 17.9. The number of benzene rings is 2. The molecule has 1 atom stereocenters. The number of pyridine rings is 1. The Hall–Kier alpha value is -5.63. The molecule has 0 spiro atoms. The molecular formula is C36H37N7O4. The van der Waals surface area contributed by atoms with Gasteiger partial charge in [-0.25, -0.2) is 14.3 Å². The Morgan fingerprint density at radius 1 is 1.06 bits per heavy atom. The molecule has 3 N–H and O–H groups in total. The van der Waals surface area contributed by atoms with Crippen LogP contribution in [-0.2, 0) is 4.74 Å². The van der Waals surface area contributed by atoms with Crippen molar-refractivity contribution in [3.8, 4) is 17.5 Å². The zero-order chi connectivity index (χ0) is 33.3. The zero-order valence-electron chi connectivity index (χ0n) is 26.9. The van der Waals surface area contributed by atoms with Gasteiger partial charge in [0.25, 0.3) is 11.5 Å². The fourth-order valence-corrected chi connectivity index (χ4v) is 5.83. The number of anilines is 1. The van der Waals surface area contributed by atoms with Gasteiger partial charge < -0.3 is 20.7 Å². The average molecular weight is 632 g/mol. The first kappa shape index (κ1) is 31.4. The lowest BCUT2D eigenvalue weighted by Gasteiger charge is -2.31. The van der Waals surface area contributed by atoms with Crippen molar-refractivity contribution < 1.29 is 14.3 Å². The summed E-state index contributed by atoms with van der Waals surface area (Å²) in [5, 5.41) is 8.41. The van der Waals surface area contributed by atoms with Gasteiger partial charge in [0.1, 0.15) is 11.2 Å². The lowest BCUT2D eigenvalue weighted by Crippen LogP contribution is -2.41. The molecule has 1 aliphatic rings. The maximum atomic E-state index is 14.4. The van der Waals surface area contributed by atoms with Crippen LogP contribution in [0.1, 0.15) is 68.2 Å². The molecule has 1 aliphatic heterocycles. The van der Waals surface area contributed by atoms with Gasteiger partial charge in [-0.2, -0.15) is 0 Å². The van der Waals surface area contributed by atoms with Gasteiger partial charge >= 0.3 is 6.09 Å². The predicted molar refractivity (Wildman–Crippen MR) is 180 cm³/mol. The minimum Gasteiger partial charge on any atom is -0.444 e. The van der Waals surface area contributed by atoms with Crippen molar-refractivity contribution in [3.63, 3.8) is 0 Å². The highest BCUT2D eigenvalue weighted by Crippen LogP contribution is 2.25. The smallest absolute Gasteiger partial charge is 0.410 e. The van der Waals surface area contributed by atoms with E-state index in [1.807, 2.05) is 82.3 Å². The summed E-state index contributed by atoms with van der Waals surface area (Å²) in [5.74, 6) is 6.34. The van der Waals surface area contributed by atoms with E-state index >= 15 is 0 Å². The van der Waals surface area contributed by atoms with Gasteiger partial charge in [-0.3, -0.25) is 14.2 Å². The van der Waals surface area contributed by atoms with E-state index < -0.39 is 17.6 Å². The van der Waals surface area contributed by atoms with Gasteiger partial charge in [0, 0.05) is 48.3 Å². The van der Waals surface area contributed by atoms with Crippen molar-refractivity contribution in [1.29, 1.82) is 0 Å². The molecule has 0 bridgehead atoms. The van der Waals surface area contributed by atoms with Crippen LogP contribution in [0.5, 0.6) is 0 Å². The maximum Gasteiger partial charge on any atom is 0.410 e. The molecular weight excluding hydrogens is 594 g/mol. The van der Waals surface area contributed by atoms with Gasteiger partial charge in [0.2, 0.25) is 0 Å². The number of amides is 2.